The molecule has 2 N–H and O–H groups in total. The Morgan fingerprint density at radius 1 is 1.29 bits per heavy atom. The molecule has 0 fully saturated rings. The summed E-state index contributed by atoms with van der Waals surface area (Å²) in [5.74, 6) is 1.27. The summed E-state index contributed by atoms with van der Waals surface area (Å²) >= 11 is 1.82. The van der Waals surface area contributed by atoms with Gasteiger partial charge in [-0.15, -0.1) is 11.3 Å². The smallest absolute Gasteiger partial charge is 0.279 e. The molecule has 6 heteroatoms. The lowest BCUT2D eigenvalue weighted by Gasteiger charge is -2.29. The second-order valence-corrected chi connectivity index (χ2v) is 6.97. The van der Waals surface area contributed by atoms with Crippen LogP contribution in [0.1, 0.15) is 23.4 Å². The molecule has 3 rings (SSSR count). The van der Waals surface area contributed by atoms with Crippen molar-refractivity contribution in [1.82, 2.24) is 0 Å². The van der Waals surface area contributed by atoms with Crippen LogP contribution in [0.15, 0.2) is 29.6 Å². The molecule has 2 heterocycles. The van der Waals surface area contributed by atoms with E-state index >= 15 is 0 Å². The summed E-state index contributed by atoms with van der Waals surface area (Å²) in [7, 11) is 3.18. The van der Waals surface area contributed by atoms with Crippen LogP contribution in [0.3, 0.4) is 0 Å². The molecular weight excluding hydrogens is 324 g/mol. The maximum Gasteiger partial charge on any atom is 0.279 e. The van der Waals surface area contributed by atoms with Crippen LogP contribution in [0.5, 0.6) is 11.5 Å². The van der Waals surface area contributed by atoms with Crippen LogP contribution in [0.25, 0.3) is 0 Å². The minimum Gasteiger partial charge on any atom is -0.493 e. The molecule has 0 saturated carbocycles. The van der Waals surface area contributed by atoms with Gasteiger partial charge in [0.1, 0.15) is 6.04 Å². The number of carbonyl (C=O) groups is 1. The Balaban J connectivity index is 1.64. The molecule has 0 bridgehead atoms. The lowest BCUT2D eigenvalue weighted by atomic mass is 10.0. The van der Waals surface area contributed by atoms with Crippen molar-refractivity contribution in [3.05, 3.63) is 40.1 Å². The third-order valence-electron chi connectivity index (χ3n) is 4.59. The van der Waals surface area contributed by atoms with Gasteiger partial charge in [-0.25, -0.2) is 0 Å². The molecule has 2 aromatic rings. The van der Waals surface area contributed by atoms with E-state index in [-0.39, 0.29) is 5.91 Å². The first kappa shape index (κ1) is 16.8. The standard InChI is InChI=1S/C18H22N2O3S/c1-12-14-7-9-24-17(14)6-8-20(12)11-18(21)19-13-4-5-15(22-2)16(10-13)23-3/h4-5,7,9-10,12H,6,8,11H2,1-3H3,(H,19,21)/p+1/t12-/m0/s1. The lowest BCUT2D eigenvalue weighted by Crippen LogP contribution is -3.14. The highest BCUT2D eigenvalue weighted by Crippen LogP contribution is 2.29. The summed E-state index contributed by atoms with van der Waals surface area (Å²) in [6.07, 6.45) is 1.05. The normalized spacial score (nSPS) is 19.5. The molecule has 0 aliphatic carbocycles. The predicted octanol–water partition coefficient (Wildman–Crippen LogP) is 1.91. The maximum absolute atomic E-state index is 12.4. The van der Waals surface area contributed by atoms with E-state index in [1.807, 2.05) is 17.4 Å². The lowest BCUT2D eigenvalue weighted by molar-refractivity contribution is -0.923. The fraction of sp³-hybridized carbons (Fsp3) is 0.389. The first-order valence-corrected chi connectivity index (χ1v) is 8.93. The molecule has 1 aromatic carbocycles. The molecule has 2 atom stereocenters. The monoisotopic (exact) mass is 347 g/mol. The van der Waals surface area contributed by atoms with Gasteiger partial charge in [0.05, 0.1) is 20.8 Å². The van der Waals surface area contributed by atoms with Gasteiger partial charge >= 0.3 is 0 Å². The topological polar surface area (TPSA) is 52.0 Å². The molecule has 24 heavy (non-hydrogen) atoms. The highest BCUT2D eigenvalue weighted by molar-refractivity contribution is 7.10. The number of benzene rings is 1. The van der Waals surface area contributed by atoms with Crippen molar-refractivity contribution in [3.8, 4) is 11.5 Å². The summed E-state index contributed by atoms with van der Waals surface area (Å²) in [6.45, 7) is 3.66. The highest BCUT2D eigenvalue weighted by Gasteiger charge is 2.29. The van der Waals surface area contributed by atoms with Gasteiger partial charge in [0.15, 0.2) is 18.0 Å². The van der Waals surface area contributed by atoms with Gasteiger partial charge in [-0.3, -0.25) is 4.79 Å². The maximum atomic E-state index is 12.4. The zero-order valence-electron chi connectivity index (χ0n) is 14.2. The van der Waals surface area contributed by atoms with E-state index in [9.17, 15) is 4.79 Å². The second-order valence-electron chi connectivity index (χ2n) is 5.97. The molecule has 128 valence electrons. The second kappa shape index (κ2) is 7.23. The van der Waals surface area contributed by atoms with Gasteiger partial charge in [0.2, 0.25) is 0 Å². The SMILES string of the molecule is COc1ccc(NC(=O)C[NH+]2CCc3sccc3[C@@H]2C)cc1OC. The zero-order valence-corrected chi connectivity index (χ0v) is 15.0. The summed E-state index contributed by atoms with van der Waals surface area (Å²) in [5, 5.41) is 5.11. The predicted molar refractivity (Wildman–Crippen MR) is 95.3 cm³/mol. The first-order valence-electron chi connectivity index (χ1n) is 8.05. The summed E-state index contributed by atoms with van der Waals surface area (Å²) in [4.78, 5) is 15.2. The number of hydrogen-bond acceptors (Lipinski definition) is 4. The number of carbonyl (C=O) groups excluding carboxylic acids is 1. The number of quaternary nitrogens is 1. The van der Waals surface area contributed by atoms with E-state index in [2.05, 4.69) is 23.7 Å². The van der Waals surface area contributed by atoms with E-state index in [0.29, 0.717) is 24.1 Å². The number of amides is 1. The Morgan fingerprint density at radius 3 is 2.83 bits per heavy atom. The van der Waals surface area contributed by atoms with Crippen molar-refractivity contribution in [2.45, 2.75) is 19.4 Å². The number of nitrogens with one attached hydrogen (secondary N) is 2. The van der Waals surface area contributed by atoms with Crippen molar-refractivity contribution >= 4 is 22.9 Å². The third kappa shape index (κ3) is 3.39. The zero-order chi connectivity index (χ0) is 17.1. The number of anilines is 1. The molecule has 1 amide bonds. The molecule has 5 nitrogen and oxygen atoms in total. The molecule has 1 unspecified atom stereocenters. The molecule has 1 aliphatic heterocycles. The fourth-order valence-electron chi connectivity index (χ4n) is 3.22. The van der Waals surface area contributed by atoms with Crippen LogP contribution in [-0.2, 0) is 11.2 Å². The largest absolute Gasteiger partial charge is 0.493 e. The number of ether oxygens (including phenoxy) is 2. The molecular formula is C18H23N2O3S+. The van der Waals surface area contributed by atoms with Gasteiger partial charge in [-0.1, -0.05) is 0 Å². The average Bonchev–Trinajstić information content (AvgIpc) is 3.06. The Labute approximate surface area is 146 Å². The summed E-state index contributed by atoms with van der Waals surface area (Å²) < 4.78 is 10.5. The number of hydrogen-bond donors (Lipinski definition) is 2. The van der Waals surface area contributed by atoms with E-state index in [4.69, 9.17) is 9.47 Å². The molecule has 1 aromatic heterocycles. The minimum atomic E-state index is 0.0164. The molecule has 0 spiro atoms. The van der Waals surface area contributed by atoms with Crippen LogP contribution in [-0.4, -0.2) is 33.2 Å². The molecule has 1 aliphatic rings. The van der Waals surface area contributed by atoms with E-state index < -0.39 is 0 Å². The van der Waals surface area contributed by atoms with Gasteiger partial charge in [0.25, 0.3) is 5.91 Å². The van der Waals surface area contributed by atoms with Crippen LogP contribution in [0.2, 0.25) is 0 Å². The quantitative estimate of drug-likeness (QED) is 0.869. The average molecular weight is 347 g/mol. The fourth-order valence-corrected chi connectivity index (χ4v) is 4.20. The van der Waals surface area contributed by atoms with E-state index in [0.717, 1.165) is 18.7 Å². The van der Waals surface area contributed by atoms with Crippen molar-refractivity contribution in [2.75, 3.05) is 32.6 Å². The van der Waals surface area contributed by atoms with Crippen LogP contribution < -0.4 is 19.7 Å². The van der Waals surface area contributed by atoms with Gasteiger partial charge in [-0.2, -0.15) is 0 Å². The Hall–Kier alpha value is -2.05. The van der Waals surface area contributed by atoms with Gasteiger partial charge < -0.3 is 19.7 Å². The highest BCUT2D eigenvalue weighted by atomic mass is 32.1. The van der Waals surface area contributed by atoms with Crippen molar-refractivity contribution < 1.29 is 19.2 Å². The third-order valence-corrected chi connectivity index (χ3v) is 5.58. The van der Waals surface area contributed by atoms with Gasteiger partial charge in [-0.05, 0) is 30.5 Å². The Bertz CT molecular complexity index is 729. The summed E-state index contributed by atoms with van der Waals surface area (Å²) in [6, 6.07) is 7.95. The minimum absolute atomic E-state index is 0.0164. The van der Waals surface area contributed by atoms with Crippen LogP contribution in [0, 0.1) is 0 Å². The number of thiophene rings is 1. The Morgan fingerprint density at radius 2 is 2.08 bits per heavy atom. The van der Waals surface area contributed by atoms with Crippen molar-refractivity contribution in [2.24, 2.45) is 0 Å². The Kier molecular flexibility index (Phi) is 5.06. The van der Waals surface area contributed by atoms with Crippen LogP contribution >= 0.6 is 11.3 Å². The van der Waals surface area contributed by atoms with Crippen molar-refractivity contribution in [1.29, 1.82) is 0 Å². The molecule has 0 saturated heterocycles. The number of methoxy groups -OCH3 is 2. The van der Waals surface area contributed by atoms with E-state index in [1.54, 1.807) is 26.4 Å². The van der Waals surface area contributed by atoms with E-state index in [1.165, 1.54) is 15.3 Å². The first-order chi connectivity index (χ1) is 11.6. The van der Waals surface area contributed by atoms with Crippen molar-refractivity contribution in [3.63, 3.8) is 0 Å². The number of fused-ring (bicyclic) bond motifs is 1. The summed E-state index contributed by atoms with van der Waals surface area (Å²) in [5.41, 5.74) is 2.11. The van der Waals surface area contributed by atoms with Crippen LogP contribution in [0.4, 0.5) is 5.69 Å². The van der Waals surface area contributed by atoms with Gasteiger partial charge in [0, 0.05) is 28.6 Å². The molecule has 0 radical (unpaired) electrons. The number of rotatable bonds is 5.